The molecular formula is C10H19ClN2O2. The van der Waals surface area contributed by atoms with Crippen molar-refractivity contribution >= 4 is 23.5 Å². The van der Waals surface area contributed by atoms with Gasteiger partial charge in [0.2, 0.25) is 5.91 Å². The van der Waals surface area contributed by atoms with E-state index < -0.39 is 6.03 Å². The first kappa shape index (κ1) is 14.2. The zero-order chi connectivity index (χ0) is 11.9. The van der Waals surface area contributed by atoms with Gasteiger partial charge in [0.05, 0.1) is 0 Å². The Labute approximate surface area is 95.7 Å². The van der Waals surface area contributed by atoms with Crippen LogP contribution in [-0.4, -0.2) is 24.4 Å². The Kier molecular flexibility index (Phi) is 6.32. The van der Waals surface area contributed by atoms with Crippen LogP contribution in [0.25, 0.3) is 0 Å². The van der Waals surface area contributed by atoms with E-state index in [1.54, 1.807) is 0 Å². The minimum Gasteiger partial charge on any atom is -0.337 e. The SMILES string of the molecule is CCC(C)(C)CNC(=O)NC(=O)CCCl. The predicted octanol–water partition coefficient (Wildman–Crippen LogP) is 1.88. The second-order valence-corrected chi connectivity index (χ2v) is 4.57. The first-order valence-corrected chi connectivity index (χ1v) is 5.58. The van der Waals surface area contributed by atoms with Gasteiger partial charge in [0.15, 0.2) is 0 Å². The summed E-state index contributed by atoms with van der Waals surface area (Å²) < 4.78 is 0. The Morgan fingerprint density at radius 2 is 1.93 bits per heavy atom. The summed E-state index contributed by atoms with van der Waals surface area (Å²) in [6, 6.07) is -0.452. The van der Waals surface area contributed by atoms with E-state index in [1.165, 1.54) is 0 Å². The summed E-state index contributed by atoms with van der Waals surface area (Å²) in [4.78, 5) is 22.2. The van der Waals surface area contributed by atoms with Crippen molar-refractivity contribution in [3.63, 3.8) is 0 Å². The van der Waals surface area contributed by atoms with E-state index in [9.17, 15) is 9.59 Å². The van der Waals surface area contributed by atoms with Crippen molar-refractivity contribution in [1.29, 1.82) is 0 Å². The van der Waals surface area contributed by atoms with E-state index in [0.717, 1.165) is 6.42 Å². The Morgan fingerprint density at radius 1 is 1.33 bits per heavy atom. The summed E-state index contributed by atoms with van der Waals surface area (Å²) in [6.07, 6.45) is 1.12. The summed E-state index contributed by atoms with van der Waals surface area (Å²) in [7, 11) is 0. The molecule has 5 heteroatoms. The van der Waals surface area contributed by atoms with Crippen LogP contribution in [0.3, 0.4) is 0 Å². The Bertz CT molecular complexity index is 229. The molecule has 0 aliphatic heterocycles. The molecule has 0 aliphatic rings. The molecule has 0 unspecified atom stereocenters. The van der Waals surface area contributed by atoms with Gasteiger partial charge in [-0.3, -0.25) is 10.1 Å². The van der Waals surface area contributed by atoms with Crippen molar-refractivity contribution in [3.05, 3.63) is 0 Å². The van der Waals surface area contributed by atoms with Crippen LogP contribution in [0.4, 0.5) is 4.79 Å². The number of imide groups is 1. The maximum absolute atomic E-state index is 11.2. The van der Waals surface area contributed by atoms with Gasteiger partial charge in [0.25, 0.3) is 0 Å². The van der Waals surface area contributed by atoms with Gasteiger partial charge in [0.1, 0.15) is 0 Å². The van der Waals surface area contributed by atoms with E-state index in [0.29, 0.717) is 6.54 Å². The molecule has 0 aromatic carbocycles. The van der Waals surface area contributed by atoms with E-state index in [4.69, 9.17) is 11.6 Å². The molecule has 0 aromatic rings. The van der Waals surface area contributed by atoms with Crippen LogP contribution in [0.1, 0.15) is 33.6 Å². The van der Waals surface area contributed by atoms with Crippen molar-refractivity contribution < 1.29 is 9.59 Å². The van der Waals surface area contributed by atoms with Crippen LogP contribution >= 0.6 is 11.6 Å². The zero-order valence-electron chi connectivity index (χ0n) is 9.52. The molecule has 0 saturated heterocycles. The first-order chi connectivity index (χ1) is 6.91. The molecule has 0 aliphatic carbocycles. The average molecular weight is 235 g/mol. The van der Waals surface area contributed by atoms with Gasteiger partial charge in [0, 0.05) is 18.8 Å². The third kappa shape index (κ3) is 7.19. The molecule has 0 radical (unpaired) electrons. The van der Waals surface area contributed by atoms with Crippen LogP contribution in [-0.2, 0) is 4.79 Å². The number of hydrogen-bond donors (Lipinski definition) is 2. The topological polar surface area (TPSA) is 58.2 Å². The number of urea groups is 1. The van der Waals surface area contributed by atoms with Crippen LogP contribution in [0.15, 0.2) is 0 Å². The quantitative estimate of drug-likeness (QED) is 0.714. The average Bonchev–Trinajstić information content (AvgIpc) is 2.15. The van der Waals surface area contributed by atoms with Crippen molar-refractivity contribution in [3.8, 4) is 0 Å². The lowest BCUT2D eigenvalue weighted by atomic mass is 9.90. The maximum Gasteiger partial charge on any atom is 0.321 e. The van der Waals surface area contributed by atoms with Gasteiger partial charge < -0.3 is 5.32 Å². The molecule has 0 fully saturated rings. The van der Waals surface area contributed by atoms with Gasteiger partial charge in [-0.15, -0.1) is 11.6 Å². The third-order valence-corrected chi connectivity index (χ3v) is 2.45. The van der Waals surface area contributed by atoms with Crippen molar-refractivity contribution in [2.24, 2.45) is 5.41 Å². The molecule has 2 N–H and O–H groups in total. The Hall–Kier alpha value is -0.770. The van der Waals surface area contributed by atoms with Gasteiger partial charge in [-0.1, -0.05) is 20.8 Å². The van der Waals surface area contributed by atoms with E-state index in [-0.39, 0.29) is 23.6 Å². The number of halogens is 1. The minimum atomic E-state index is -0.452. The molecule has 0 saturated carbocycles. The lowest BCUT2D eigenvalue weighted by Crippen LogP contribution is -2.43. The fraction of sp³-hybridized carbons (Fsp3) is 0.800. The molecule has 88 valence electrons. The van der Waals surface area contributed by atoms with Crippen LogP contribution in [0, 0.1) is 5.41 Å². The zero-order valence-corrected chi connectivity index (χ0v) is 10.3. The molecule has 0 spiro atoms. The lowest BCUT2D eigenvalue weighted by Gasteiger charge is -2.22. The molecule has 3 amide bonds. The van der Waals surface area contributed by atoms with Gasteiger partial charge in [-0.2, -0.15) is 0 Å². The number of hydrogen-bond acceptors (Lipinski definition) is 2. The highest BCUT2D eigenvalue weighted by atomic mass is 35.5. The van der Waals surface area contributed by atoms with Gasteiger partial charge in [-0.25, -0.2) is 4.79 Å². The summed E-state index contributed by atoms with van der Waals surface area (Å²) in [5.74, 6) is -0.128. The number of rotatable bonds is 5. The fourth-order valence-corrected chi connectivity index (χ4v) is 0.935. The number of carbonyl (C=O) groups is 2. The van der Waals surface area contributed by atoms with E-state index >= 15 is 0 Å². The van der Waals surface area contributed by atoms with Gasteiger partial charge in [-0.05, 0) is 11.8 Å². The molecule has 15 heavy (non-hydrogen) atoms. The third-order valence-electron chi connectivity index (χ3n) is 2.26. The molecule has 0 rings (SSSR count). The van der Waals surface area contributed by atoms with Crippen LogP contribution in [0.5, 0.6) is 0 Å². The molecular weight excluding hydrogens is 216 g/mol. The van der Waals surface area contributed by atoms with E-state index in [2.05, 4.69) is 17.6 Å². The molecule has 0 atom stereocenters. The second kappa shape index (κ2) is 6.67. The summed E-state index contributed by atoms with van der Waals surface area (Å²) in [6.45, 7) is 6.70. The summed E-state index contributed by atoms with van der Waals surface area (Å²) >= 11 is 5.36. The standard InChI is InChI=1S/C10H19ClN2O2/c1-4-10(2,3)7-12-9(15)13-8(14)5-6-11/h4-7H2,1-3H3,(H2,12,13,14,15). The largest absolute Gasteiger partial charge is 0.337 e. The highest BCUT2D eigenvalue weighted by Gasteiger charge is 2.16. The highest BCUT2D eigenvalue weighted by molar-refractivity contribution is 6.19. The smallest absolute Gasteiger partial charge is 0.321 e. The molecule has 0 bridgehead atoms. The molecule has 0 aromatic heterocycles. The number of alkyl halides is 1. The highest BCUT2D eigenvalue weighted by Crippen LogP contribution is 2.17. The predicted molar refractivity (Wildman–Crippen MR) is 61.0 cm³/mol. The van der Waals surface area contributed by atoms with Crippen molar-refractivity contribution in [2.45, 2.75) is 33.6 Å². The fourth-order valence-electron chi connectivity index (χ4n) is 0.764. The first-order valence-electron chi connectivity index (χ1n) is 5.05. The lowest BCUT2D eigenvalue weighted by molar-refractivity contribution is -0.119. The Balaban J connectivity index is 3.80. The number of amides is 3. The minimum absolute atomic E-state index is 0.0485. The second-order valence-electron chi connectivity index (χ2n) is 4.19. The Morgan fingerprint density at radius 3 is 2.40 bits per heavy atom. The normalized spacial score (nSPS) is 10.9. The van der Waals surface area contributed by atoms with Crippen molar-refractivity contribution in [1.82, 2.24) is 10.6 Å². The summed E-state index contributed by atoms with van der Waals surface area (Å²) in [5, 5.41) is 4.85. The summed E-state index contributed by atoms with van der Waals surface area (Å²) in [5.41, 5.74) is 0.0485. The van der Waals surface area contributed by atoms with Crippen LogP contribution < -0.4 is 10.6 Å². The molecule has 0 heterocycles. The molecule has 4 nitrogen and oxygen atoms in total. The van der Waals surface area contributed by atoms with E-state index in [1.807, 2.05) is 13.8 Å². The monoisotopic (exact) mass is 234 g/mol. The van der Waals surface area contributed by atoms with Crippen LogP contribution in [0.2, 0.25) is 0 Å². The number of carbonyl (C=O) groups excluding carboxylic acids is 2. The number of nitrogens with one attached hydrogen (secondary N) is 2. The van der Waals surface area contributed by atoms with Crippen molar-refractivity contribution in [2.75, 3.05) is 12.4 Å². The maximum atomic E-state index is 11.2. The van der Waals surface area contributed by atoms with Gasteiger partial charge >= 0.3 is 6.03 Å².